The summed E-state index contributed by atoms with van der Waals surface area (Å²) in [6.45, 7) is 0.320. The molecule has 1 aliphatic rings. The predicted octanol–water partition coefficient (Wildman–Crippen LogP) is 1.25. The van der Waals surface area contributed by atoms with E-state index in [1.807, 2.05) is 0 Å². The number of hydrogen-bond acceptors (Lipinski definition) is 3. The smallest absolute Gasteiger partial charge is 0.303 e. The quantitative estimate of drug-likeness (QED) is 0.888. The molecule has 1 aromatic rings. The van der Waals surface area contributed by atoms with Crippen LogP contribution in [-0.2, 0) is 14.4 Å². The number of carbonyl (C=O) groups excluding carboxylic acids is 2. The number of anilines is 1. The van der Waals surface area contributed by atoms with Crippen LogP contribution in [0.3, 0.4) is 0 Å². The number of para-hydroxylation sites is 1. The summed E-state index contributed by atoms with van der Waals surface area (Å²) in [6.07, 6.45) is -0.0428. The third-order valence-electron chi connectivity index (χ3n) is 3.73. The molecule has 1 aliphatic heterocycles. The fourth-order valence-corrected chi connectivity index (χ4v) is 2.50. The van der Waals surface area contributed by atoms with Gasteiger partial charge in [-0.1, -0.05) is 12.1 Å². The topological polar surface area (TPSA) is 77.9 Å². The number of amides is 2. The maximum Gasteiger partial charge on any atom is 0.303 e. The van der Waals surface area contributed by atoms with Crippen LogP contribution >= 0.6 is 0 Å². The number of nitrogens with zero attached hydrogens (tertiary/aromatic N) is 2. The molecule has 1 saturated heterocycles. The number of hydrogen-bond donors (Lipinski definition) is 1. The molecule has 7 heteroatoms. The van der Waals surface area contributed by atoms with E-state index in [9.17, 15) is 18.8 Å². The van der Waals surface area contributed by atoms with E-state index in [-0.39, 0.29) is 24.4 Å². The molecule has 1 atom stereocenters. The predicted molar refractivity (Wildman–Crippen MR) is 76.8 cm³/mol. The van der Waals surface area contributed by atoms with Crippen molar-refractivity contribution in [1.82, 2.24) is 4.90 Å². The molecule has 0 aromatic heterocycles. The van der Waals surface area contributed by atoms with E-state index in [1.165, 1.54) is 29.0 Å². The van der Waals surface area contributed by atoms with E-state index in [0.717, 1.165) is 0 Å². The Balaban J connectivity index is 2.06. The van der Waals surface area contributed by atoms with Gasteiger partial charge in [-0.25, -0.2) is 4.39 Å². The van der Waals surface area contributed by atoms with E-state index in [0.29, 0.717) is 13.0 Å². The van der Waals surface area contributed by atoms with Crippen LogP contribution in [0.1, 0.15) is 19.3 Å². The number of halogens is 1. The molecule has 1 unspecified atom stereocenters. The van der Waals surface area contributed by atoms with Crippen LogP contribution in [-0.4, -0.2) is 47.4 Å². The van der Waals surface area contributed by atoms with Gasteiger partial charge < -0.3 is 14.9 Å². The summed E-state index contributed by atoms with van der Waals surface area (Å²) in [6, 6.07) is 5.29. The first kappa shape index (κ1) is 15.9. The minimum Gasteiger partial charge on any atom is -0.481 e. The number of carbonyl (C=O) groups is 3. The third-order valence-corrected chi connectivity index (χ3v) is 3.73. The van der Waals surface area contributed by atoms with Crippen LogP contribution < -0.4 is 4.90 Å². The fraction of sp³-hybridized carbons (Fsp3) is 0.400. The molecule has 0 spiro atoms. The van der Waals surface area contributed by atoms with Crippen molar-refractivity contribution in [3.05, 3.63) is 30.1 Å². The summed E-state index contributed by atoms with van der Waals surface area (Å²) in [5.74, 6) is -2.31. The van der Waals surface area contributed by atoms with E-state index in [1.54, 1.807) is 12.1 Å². The average Bonchev–Trinajstić information content (AvgIpc) is 2.86. The molecule has 118 valence electrons. The SMILES string of the molecule is CN(C(=O)CCC(=O)O)C1CCN(c2ccccc2F)C1=O. The lowest BCUT2D eigenvalue weighted by molar-refractivity contribution is -0.142. The Morgan fingerprint density at radius 2 is 2.05 bits per heavy atom. The zero-order valence-corrected chi connectivity index (χ0v) is 12.2. The molecule has 0 saturated carbocycles. The van der Waals surface area contributed by atoms with Gasteiger partial charge in [0, 0.05) is 20.0 Å². The highest BCUT2D eigenvalue weighted by atomic mass is 19.1. The second kappa shape index (κ2) is 6.55. The van der Waals surface area contributed by atoms with Crippen molar-refractivity contribution in [2.45, 2.75) is 25.3 Å². The molecule has 2 rings (SSSR count). The van der Waals surface area contributed by atoms with Crippen molar-refractivity contribution in [3.8, 4) is 0 Å². The van der Waals surface area contributed by atoms with Gasteiger partial charge in [-0.2, -0.15) is 0 Å². The fourth-order valence-electron chi connectivity index (χ4n) is 2.50. The van der Waals surface area contributed by atoms with Crippen LogP contribution in [0, 0.1) is 5.82 Å². The Bertz CT molecular complexity index is 605. The molecule has 0 bridgehead atoms. The molecule has 6 nitrogen and oxygen atoms in total. The maximum absolute atomic E-state index is 13.8. The first-order valence-corrected chi connectivity index (χ1v) is 6.95. The van der Waals surface area contributed by atoms with Crippen LogP contribution in [0.25, 0.3) is 0 Å². The molecule has 0 radical (unpaired) electrons. The molecule has 1 heterocycles. The van der Waals surface area contributed by atoms with Crippen molar-refractivity contribution in [2.24, 2.45) is 0 Å². The van der Waals surface area contributed by atoms with E-state index >= 15 is 0 Å². The number of rotatable bonds is 5. The van der Waals surface area contributed by atoms with Crippen LogP contribution in [0.5, 0.6) is 0 Å². The van der Waals surface area contributed by atoms with Crippen molar-refractivity contribution in [2.75, 3.05) is 18.5 Å². The Hall–Kier alpha value is -2.44. The lowest BCUT2D eigenvalue weighted by Gasteiger charge is -2.24. The van der Waals surface area contributed by atoms with E-state index < -0.39 is 23.7 Å². The molecule has 1 aromatic carbocycles. The Kier molecular flexibility index (Phi) is 4.75. The van der Waals surface area contributed by atoms with Gasteiger partial charge in [-0.05, 0) is 18.6 Å². The van der Waals surface area contributed by atoms with Crippen molar-refractivity contribution in [1.29, 1.82) is 0 Å². The summed E-state index contributed by atoms with van der Waals surface area (Å²) < 4.78 is 13.8. The first-order valence-electron chi connectivity index (χ1n) is 6.95. The number of likely N-dealkylation sites (N-methyl/N-ethyl adjacent to an activating group) is 1. The zero-order chi connectivity index (χ0) is 16.3. The number of carboxylic acid groups (broad SMARTS) is 1. The zero-order valence-electron chi connectivity index (χ0n) is 12.2. The van der Waals surface area contributed by atoms with Gasteiger partial charge in [0.05, 0.1) is 12.1 Å². The van der Waals surface area contributed by atoms with Gasteiger partial charge in [0.1, 0.15) is 11.9 Å². The van der Waals surface area contributed by atoms with Crippen LogP contribution in [0.2, 0.25) is 0 Å². The average molecular weight is 308 g/mol. The lowest BCUT2D eigenvalue weighted by atomic mass is 10.2. The minimum absolute atomic E-state index is 0.157. The second-order valence-corrected chi connectivity index (χ2v) is 5.14. The Labute approximate surface area is 127 Å². The molecule has 1 fully saturated rings. The molecular formula is C15H17FN2O4. The normalized spacial score (nSPS) is 17.6. The van der Waals surface area contributed by atoms with Gasteiger partial charge in [0.25, 0.3) is 0 Å². The van der Waals surface area contributed by atoms with E-state index in [4.69, 9.17) is 5.11 Å². The molecule has 22 heavy (non-hydrogen) atoms. The van der Waals surface area contributed by atoms with Crippen molar-refractivity contribution >= 4 is 23.5 Å². The van der Waals surface area contributed by atoms with E-state index in [2.05, 4.69) is 0 Å². The van der Waals surface area contributed by atoms with Crippen LogP contribution in [0.4, 0.5) is 10.1 Å². The van der Waals surface area contributed by atoms with Crippen molar-refractivity contribution in [3.63, 3.8) is 0 Å². The minimum atomic E-state index is -1.06. The monoisotopic (exact) mass is 308 g/mol. The van der Waals surface area contributed by atoms with Gasteiger partial charge in [-0.3, -0.25) is 14.4 Å². The lowest BCUT2D eigenvalue weighted by Crippen LogP contribution is -2.43. The highest BCUT2D eigenvalue weighted by Gasteiger charge is 2.37. The highest BCUT2D eigenvalue weighted by molar-refractivity contribution is 6.01. The summed E-state index contributed by atoms with van der Waals surface area (Å²) >= 11 is 0. The number of aliphatic carboxylic acids is 1. The third kappa shape index (κ3) is 3.24. The van der Waals surface area contributed by atoms with Gasteiger partial charge >= 0.3 is 5.97 Å². The molecule has 2 amide bonds. The van der Waals surface area contributed by atoms with Crippen LogP contribution in [0.15, 0.2) is 24.3 Å². The Morgan fingerprint density at radius 1 is 1.36 bits per heavy atom. The summed E-state index contributed by atoms with van der Waals surface area (Å²) in [7, 11) is 1.47. The number of benzene rings is 1. The summed E-state index contributed by atoms with van der Waals surface area (Å²) in [4.78, 5) is 37.4. The molecular weight excluding hydrogens is 291 g/mol. The highest BCUT2D eigenvalue weighted by Crippen LogP contribution is 2.26. The van der Waals surface area contributed by atoms with Gasteiger partial charge in [0.15, 0.2) is 0 Å². The molecule has 0 aliphatic carbocycles. The molecule has 1 N–H and O–H groups in total. The first-order chi connectivity index (χ1) is 10.4. The number of carboxylic acids is 1. The van der Waals surface area contributed by atoms with Gasteiger partial charge in [0.2, 0.25) is 11.8 Å². The van der Waals surface area contributed by atoms with Crippen molar-refractivity contribution < 1.29 is 23.9 Å². The summed E-state index contributed by atoms with van der Waals surface area (Å²) in [5.41, 5.74) is 0.196. The second-order valence-electron chi connectivity index (χ2n) is 5.14. The standard InChI is InChI=1S/C15H17FN2O4/c1-17(13(19)6-7-14(20)21)12-8-9-18(15(12)22)11-5-3-2-4-10(11)16/h2-5,12H,6-9H2,1H3,(H,20,21). The largest absolute Gasteiger partial charge is 0.481 e. The van der Waals surface area contributed by atoms with Gasteiger partial charge in [-0.15, -0.1) is 0 Å². The Morgan fingerprint density at radius 3 is 2.68 bits per heavy atom. The maximum atomic E-state index is 13.8. The summed E-state index contributed by atoms with van der Waals surface area (Å²) in [5, 5.41) is 8.60.